The van der Waals surface area contributed by atoms with E-state index in [0.29, 0.717) is 23.4 Å². The molecule has 0 aromatic heterocycles. The molecular weight excluding hydrogens is 270 g/mol. The van der Waals surface area contributed by atoms with Crippen LogP contribution < -0.4 is 5.32 Å². The molecule has 0 radical (unpaired) electrons. The van der Waals surface area contributed by atoms with Crippen molar-refractivity contribution in [2.75, 3.05) is 0 Å². The maximum Gasteiger partial charge on any atom is 0.224 e. The number of hydrogen-bond donors (Lipinski definition) is 1. The molecule has 2 nitrogen and oxygen atoms in total. The van der Waals surface area contributed by atoms with E-state index in [-0.39, 0.29) is 5.91 Å². The topological polar surface area (TPSA) is 29.1 Å². The molecule has 1 aromatic rings. The minimum atomic E-state index is 0.127. The minimum Gasteiger partial charge on any atom is -0.353 e. The van der Waals surface area contributed by atoms with Crippen molar-refractivity contribution in [3.05, 3.63) is 34.9 Å². The molecule has 2 bridgehead atoms. The lowest BCUT2D eigenvalue weighted by atomic mass is 9.84. The van der Waals surface area contributed by atoms with Crippen LogP contribution in [0.2, 0.25) is 5.02 Å². The van der Waals surface area contributed by atoms with Crippen molar-refractivity contribution in [3.8, 4) is 0 Å². The number of carbonyl (C=O) groups is 1. The van der Waals surface area contributed by atoms with Crippen molar-refractivity contribution in [3.63, 3.8) is 0 Å². The van der Waals surface area contributed by atoms with E-state index in [2.05, 4.69) is 12.2 Å². The van der Waals surface area contributed by atoms with Crippen molar-refractivity contribution >= 4 is 17.5 Å². The summed E-state index contributed by atoms with van der Waals surface area (Å²) in [4.78, 5) is 12.1. The molecule has 0 spiro atoms. The van der Waals surface area contributed by atoms with Gasteiger partial charge in [0.05, 0.1) is 6.42 Å². The summed E-state index contributed by atoms with van der Waals surface area (Å²) in [7, 11) is 0. The fraction of sp³-hybridized carbons (Fsp3) is 0.588. The van der Waals surface area contributed by atoms with Crippen LogP contribution in [0.4, 0.5) is 0 Å². The Morgan fingerprint density at radius 1 is 1.30 bits per heavy atom. The molecule has 2 fully saturated rings. The first-order valence-corrected chi connectivity index (χ1v) is 8.03. The number of fused-ring (bicyclic) bond motifs is 2. The Kier molecular flexibility index (Phi) is 4.02. The average Bonchev–Trinajstić information content (AvgIpc) is 3.03. The fourth-order valence-corrected chi connectivity index (χ4v) is 4.23. The van der Waals surface area contributed by atoms with Gasteiger partial charge >= 0.3 is 0 Å². The Balaban J connectivity index is 1.52. The summed E-state index contributed by atoms with van der Waals surface area (Å²) in [5.74, 6) is 2.61. The molecule has 1 N–H and O–H groups in total. The molecule has 2 aliphatic carbocycles. The van der Waals surface area contributed by atoms with Crippen LogP contribution in [0, 0.1) is 17.8 Å². The van der Waals surface area contributed by atoms with Gasteiger partial charge in [0.25, 0.3) is 0 Å². The maximum atomic E-state index is 12.1. The van der Waals surface area contributed by atoms with Crippen molar-refractivity contribution in [1.82, 2.24) is 5.32 Å². The van der Waals surface area contributed by atoms with E-state index in [0.717, 1.165) is 17.4 Å². The number of hydrogen-bond acceptors (Lipinski definition) is 1. The van der Waals surface area contributed by atoms with Gasteiger partial charge in [-0.15, -0.1) is 0 Å². The Labute approximate surface area is 125 Å². The first-order valence-electron chi connectivity index (χ1n) is 7.65. The molecule has 0 saturated heterocycles. The third-order valence-corrected chi connectivity index (χ3v) is 5.35. The van der Waals surface area contributed by atoms with Crippen LogP contribution in [-0.2, 0) is 11.2 Å². The average molecular weight is 292 g/mol. The van der Waals surface area contributed by atoms with E-state index in [4.69, 9.17) is 11.6 Å². The molecule has 2 aliphatic rings. The third-order valence-electron chi connectivity index (χ3n) is 5.10. The van der Waals surface area contributed by atoms with Crippen molar-refractivity contribution in [1.29, 1.82) is 0 Å². The van der Waals surface area contributed by atoms with E-state index >= 15 is 0 Å². The highest BCUT2D eigenvalue weighted by Crippen LogP contribution is 2.49. The highest BCUT2D eigenvalue weighted by Gasteiger charge is 2.42. The first kappa shape index (κ1) is 13.9. The third kappa shape index (κ3) is 3.01. The number of rotatable bonds is 4. The quantitative estimate of drug-likeness (QED) is 0.898. The zero-order chi connectivity index (χ0) is 14.1. The number of carbonyl (C=O) groups excluding carboxylic acids is 1. The monoisotopic (exact) mass is 291 g/mol. The Bertz CT molecular complexity index is 484. The molecule has 0 unspecified atom stereocenters. The zero-order valence-corrected chi connectivity index (χ0v) is 12.7. The van der Waals surface area contributed by atoms with Crippen LogP contribution in [0.25, 0.3) is 0 Å². The smallest absolute Gasteiger partial charge is 0.224 e. The lowest BCUT2D eigenvalue weighted by Crippen LogP contribution is -2.40. The van der Waals surface area contributed by atoms with Gasteiger partial charge in [-0.2, -0.15) is 0 Å². The van der Waals surface area contributed by atoms with Crippen molar-refractivity contribution in [2.24, 2.45) is 17.8 Å². The molecule has 3 rings (SSSR count). The van der Waals surface area contributed by atoms with Gasteiger partial charge in [-0.05, 0) is 61.6 Å². The minimum absolute atomic E-state index is 0.127. The number of benzene rings is 1. The van der Waals surface area contributed by atoms with Crippen LogP contribution in [0.1, 0.15) is 38.2 Å². The number of amides is 1. The SMILES string of the molecule is C[C@H](NC(=O)Cc1ccc(Cl)cc1)[C@H]1C[C@@H]2CC[C@@H]1C2. The zero-order valence-electron chi connectivity index (χ0n) is 11.9. The lowest BCUT2D eigenvalue weighted by Gasteiger charge is -2.28. The summed E-state index contributed by atoms with van der Waals surface area (Å²) in [5.41, 5.74) is 1.02. The normalized spacial score (nSPS) is 29.4. The van der Waals surface area contributed by atoms with Crippen molar-refractivity contribution < 1.29 is 4.79 Å². The fourth-order valence-electron chi connectivity index (χ4n) is 4.11. The molecule has 4 atom stereocenters. The van der Waals surface area contributed by atoms with Gasteiger partial charge in [-0.25, -0.2) is 0 Å². The van der Waals surface area contributed by atoms with E-state index in [1.165, 1.54) is 25.7 Å². The highest BCUT2D eigenvalue weighted by molar-refractivity contribution is 6.30. The second-order valence-electron chi connectivity index (χ2n) is 6.50. The number of nitrogens with one attached hydrogen (secondary N) is 1. The molecule has 1 amide bonds. The maximum absolute atomic E-state index is 12.1. The van der Waals surface area contributed by atoms with E-state index in [1.807, 2.05) is 24.3 Å². The largest absolute Gasteiger partial charge is 0.353 e. The molecule has 0 heterocycles. The molecule has 0 aliphatic heterocycles. The molecule has 20 heavy (non-hydrogen) atoms. The molecule has 1 aromatic carbocycles. The molecule has 108 valence electrons. The number of halogens is 1. The predicted molar refractivity (Wildman–Crippen MR) is 81.7 cm³/mol. The summed E-state index contributed by atoms with van der Waals surface area (Å²) in [6, 6.07) is 7.83. The van der Waals surface area contributed by atoms with Gasteiger partial charge in [-0.3, -0.25) is 4.79 Å². The molecule has 3 heteroatoms. The van der Waals surface area contributed by atoms with Crippen LogP contribution in [0.15, 0.2) is 24.3 Å². The van der Waals surface area contributed by atoms with Gasteiger partial charge in [0.2, 0.25) is 5.91 Å². The predicted octanol–water partition coefficient (Wildman–Crippen LogP) is 3.82. The first-order chi connectivity index (χ1) is 9.61. The van der Waals surface area contributed by atoms with Crippen LogP contribution >= 0.6 is 11.6 Å². The highest BCUT2D eigenvalue weighted by atomic mass is 35.5. The van der Waals surface area contributed by atoms with E-state index in [1.54, 1.807) is 0 Å². The van der Waals surface area contributed by atoms with Gasteiger partial charge in [0, 0.05) is 11.1 Å². The van der Waals surface area contributed by atoms with Gasteiger partial charge in [-0.1, -0.05) is 30.2 Å². The van der Waals surface area contributed by atoms with Crippen molar-refractivity contribution in [2.45, 2.75) is 45.1 Å². The van der Waals surface area contributed by atoms with E-state index < -0.39 is 0 Å². The lowest BCUT2D eigenvalue weighted by molar-refractivity contribution is -0.121. The Morgan fingerprint density at radius 2 is 2.05 bits per heavy atom. The second kappa shape index (κ2) is 5.77. The van der Waals surface area contributed by atoms with E-state index in [9.17, 15) is 4.79 Å². The van der Waals surface area contributed by atoms with Gasteiger partial charge < -0.3 is 5.32 Å². The molecular formula is C17H22ClNO. The Hall–Kier alpha value is -1.02. The van der Waals surface area contributed by atoms with Gasteiger partial charge in [0.15, 0.2) is 0 Å². The second-order valence-corrected chi connectivity index (χ2v) is 6.93. The Morgan fingerprint density at radius 3 is 2.65 bits per heavy atom. The standard InChI is InChI=1S/C17H22ClNO/c1-11(16-9-13-2-5-14(16)8-13)19-17(20)10-12-3-6-15(18)7-4-12/h3-4,6-7,11,13-14,16H,2,5,8-10H2,1H3,(H,19,20)/t11-,13+,14+,16+/m0/s1. The molecule has 2 saturated carbocycles. The van der Waals surface area contributed by atoms with Crippen LogP contribution in [0.5, 0.6) is 0 Å². The summed E-state index contributed by atoms with van der Waals surface area (Å²) < 4.78 is 0. The summed E-state index contributed by atoms with van der Waals surface area (Å²) >= 11 is 5.85. The van der Waals surface area contributed by atoms with Crippen LogP contribution in [-0.4, -0.2) is 11.9 Å². The summed E-state index contributed by atoms with van der Waals surface area (Å²) in [5, 5.41) is 3.91. The summed E-state index contributed by atoms with van der Waals surface area (Å²) in [6.45, 7) is 2.17. The summed E-state index contributed by atoms with van der Waals surface area (Å²) in [6.07, 6.45) is 5.93. The van der Waals surface area contributed by atoms with Gasteiger partial charge in [0.1, 0.15) is 0 Å². The van der Waals surface area contributed by atoms with Crippen LogP contribution in [0.3, 0.4) is 0 Å².